The summed E-state index contributed by atoms with van der Waals surface area (Å²) in [4.78, 5) is 7.13. The third kappa shape index (κ3) is 3.68. The van der Waals surface area contributed by atoms with Crippen LogP contribution in [0.1, 0.15) is 56.0 Å². The highest BCUT2D eigenvalue weighted by atomic mass is 16.5. The molecule has 0 unspecified atom stereocenters. The van der Waals surface area contributed by atoms with Gasteiger partial charge in [-0.15, -0.1) is 0 Å². The van der Waals surface area contributed by atoms with E-state index in [0.29, 0.717) is 18.3 Å². The van der Waals surface area contributed by atoms with Crippen LogP contribution in [0.25, 0.3) is 0 Å². The lowest BCUT2D eigenvalue weighted by molar-refractivity contribution is -0.104. The van der Waals surface area contributed by atoms with Gasteiger partial charge >= 0.3 is 0 Å². The monoisotopic (exact) mass is 357 g/mol. The van der Waals surface area contributed by atoms with Gasteiger partial charge in [0.15, 0.2) is 0 Å². The summed E-state index contributed by atoms with van der Waals surface area (Å²) in [6, 6.07) is 10.6. The Kier molecular flexibility index (Phi) is 5.33. The lowest BCUT2D eigenvalue weighted by Crippen LogP contribution is -2.44. The molecule has 2 aromatic rings. The summed E-state index contributed by atoms with van der Waals surface area (Å²) >= 11 is 0. The lowest BCUT2D eigenvalue weighted by Gasteiger charge is -2.39. The van der Waals surface area contributed by atoms with Crippen LogP contribution in [-0.4, -0.2) is 41.3 Å². The van der Waals surface area contributed by atoms with Gasteiger partial charge in [0.05, 0.1) is 0 Å². The van der Waals surface area contributed by atoms with Crippen molar-refractivity contribution in [3.8, 4) is 0 Å². The highest BCUT2D eigenvalue weighted by molar-refractivity contribution is 5.15. The first kappa shape index (κ1) is 17.6. The SMILES string of the molecule is CCOC1(c2nc([C@H]3CCCO3)no2)CCN(Cc2ccccc2)CC1. The number of piperidine rings is 1. The average molecular weight is 357 g/mol. The fraction of sp³-hybridized carbons (Fsp3) is 0.600. The van der Waals surface area contributed by atoms with Gasteiger partial charge in [0.2, 0.25) is 5.82 Å². The Morgan fingerprint density at radius 3 is 2.73 bits per heavy atom. The van der Waals surface area contributed by atoms with Crippen molar-refractivity contribution in [3.63, 3.8) is 0 Å². The van der Waals surface area contributed by atoms with Gasteiger partial charge in [-0.05, 0) is 38.2 Å². The fourth-order valence-electron chi connectivity index (χ4n) is 3.94. The number of rotatable bonds is 6. The highest BCUT2D eigenvalue weighted by Gasteiger charge is 2.42. The van der Waals surface area contributed by atoms with Crippen molar-refractivity contribution in [2.75, 3.05) is 26.3 Å². The molecule has 6 heteroatoms. The second-order valence-corrected chi connectivity index (χ2v) is 7.15. The maximum atomic E-state index is 6.17. The molecule has 0 N–H and O–H groups in total. The molecule has 2 saturated heterocycles. The summed E-state index contributed by atoms with van der Waals surface area (Å²) in [7, 11) is 0. The van der Waals surface area contributed by atoms with Crippen LogP contribution in [0.5, 0.6) is 0 Å². The van der Waals surface area contributed by atoms with Crippen LogP contribution in [0, 0.1) is 0 Å². The number of hydrogen-bond acceptors (Lipinski definition) is 6. The maximum Gasteiger partial charge on any atom is 0.259 e. The van der Waals surface area contributed by atoms with E-state index in [1.807, 2.05) is 6.92 Å². The zero-order chi connectivity index (χ0) is 17.8. The smallest absolute Gasteiger partial charge is 0.259 e. The Morgan fingerprint density at radius 2 is 2.04 bits per heavy atom. The van der Waals surface area contributed by atoms with Crippen molar-refractivity contribution in [3.05, 3.63) is 47.6 Å². The number of ether oxygens (including phenoxy) is 2. The summed E-state index contributed by atoms with van der Waals surface area (Å²) in [6.07, 6.45) is 3.72. The van der Waals surface area contributed by atoms with Gasteiger partial charge in [-0.1, -0.05) is 35.5 Å². The zero-order valence-corrected chi connectivity index (χ0v) is 15.4. The Morgan fingerprint density at radius 1 is 1.23 bits per heavy atom. The first-order valence-corrected chi connectivity index (χ1v) is 9.65. The van der Waals surface area contributed by atoms with Crippen molar-refractivity contribution in [2.45, 2.75) is 50.9 Å². The fourth-order valence-corrected chi connectivity index (χ4v) is 3.94. The Hall–Kier alpha value is -1.76. The van der Waals surface area contributed by atoms with E-state index in [4.69, 9.17) is 14.0 Å². The first-order chi connectivity index (χ1) is 12.8. The lowest BCUT2D eigenvalue weighted by atomic mass is 9.90. The Bertz CT molecular complexity index is 689. The summed E-state index contributed by atoms with van der Waals surface area (Å²) in [5, 5.41) is 4.18. The number of aromatic nitrogens is 2. The van der Waals surface area contributed by atoms with E-state index in [1.54, 1.807) is 0 Å². The van der Waals surface area contributed by atoms with Gasteiger partial charge in [0.1, 0.15) is 11.7 Å². The molecule has 1 atom stereocenters. The quantitative estimate of drug-likeness (QED) is 0.789. The third-order valence-corrected chi connectivity index (χ3v) is 5.38. The van der Waals surface area contributed by atoms with Gasteiger partial charge in [0.25, 0.3) is 5.89 Å². The van der Waals surface area contributed by atoms with Crippen LogP contribution in [0.3, 0.4) is 0 Å². The minimum Gasteiger partial charge on any atom is -0.370 e. The second kappa shape index (κ2) is 7.86. The van der Waals surface area contributed by atoms with E-state index in [9.17, 15) is 0 Å². The molecule has 0 radical (unpaired) electrons. The molecule has 3 heterocycles. The second-order valence-electron chi connectivity index (χ2n) is 7.15. The largest absolute Gasteiger partial charge is 0.370 e. The minimum atomic E-state index is -0.466. The van der Waals surface area contributed by atoms with E-state index >= 15 is 0 Å². The number of benzene rings is 1. The molecule has 2 fully saturated rings. The molecule has 0 saturated carbocycles. The van der Waals surface area contributed by atoms with Crippen LogP contribution < -0.4 is 0 Å². The molecule has 0 amide bonds. The highest BCUT2D eigenvalue weighted by Crippen LogP contribution is 2.37. The van der Waals surface area contributed by atoms with Crippen LogP contribution in [0.2, 0.25) is 0 Å². The predicted octanol–water partition coefficient (Wildman–Crippen LogP) is 3.45. The van der Waals surface area contributed by atoms with Crippen LogP contribution in [0.4, 0.5) is 0 Å². The maximum absolute atomic E-state index is 6.17. The summed E-state index contributed by atoms with van der Waals surface area (Å²) in [5.41, 5.74) is 0.876. The number of hydrogen-bond donors (Lipinski definition) is 0. The standard InChI is InChI=1S/C20H27N3O3/c1-2-25-20(19-21-18(22-26-19)17-9-6-14-24-17)10-12-23(13-11-20)15-16-7-4-3-5-8-16/h3-5,7-8,17H,2,6,9-15H2,1H3/t17-/m1/s1. The minimum absolute atomic E-state index is 0.0238. The van der Waals surface area contributed by atoms with Gasteiger partial charge in [-0.25, -0.2) is 0 Å². The van der Waals surface area contributed by atoms with Crippen LogP contribution in [-0.2, 0) is 21.6 Å². The van der Waals surface area contributed by atoms with Crippen LogP contribution >= 0.6 is 0 Å². The zero-order valence-electron chi connectivity index (χ0n) is 15.4. The van der Waals surface area contributed by atoms with E-state index in [2.05, 4.69) is 45.4 Å². The van der Waals surface area contributed by atoms with Gasteiger partial charge in [0, 0.05) is 32.8 Å². The molecular weight excluding hydrogens is 330 g/mol. The summed E-state index contributed by atoms with van der Waals surface area (Å²) < 4.78 is 17.5. The number of nitrogens with zero attached hydrogens (tertiary/aromatic N) is 3. The molecule has 2 aliphatic heterocycles. The predicted molar refractivity (Wildman–Crippen MR) is 96.5 cm³/mol. The molecule has 0 bridgehead atoms. The van der Waals surface area contributed by atoms with Crippen molar-refractivity contribution in [1.82, 2.24) is 15.0 Å². The summed E-state index contributed by atoms with van der Waals surface area (Å²) in [5.74, 6) is 1.28. The normalized spacial score (nSPS) is 23.3. The molecule has 0 spiro atoms. The van der Waals surface area contributed by atoms with Crippen LogP contribution in [0.15, 0.2) is 34.9 Å². The topological polar surface area (TPSA) is 60.6 Å². The summed E-state index contributed by atoms with van der Waals surface area (Å²) in [6.45, 7) is 6.30. The molecule has 0 aliphatic carbocycles. The molecular formula is C20H27N3O3. The van der Waals surface area contributed by atoms with E-state index in [1.165, 1.54) is 5.56 Å². The van der Waals surface area contributed by atoms with Gasteiger partial charge in [-0.3, -0.25) is 4.90 Å². The van der Waals surface area contributed by atoms with Crippen molar-refractivity contribution in [2.24, 2.45) is 0 Å². The van der Waals surface area contributed by atoms with Gasteiger partial charge in [-0.2, -0.15) is 4.98 Å². The molecule has 1 aromatic heterocycles. The average Bonchev–Trinajstić information content (AvgIpc) is 3.36. The van der Waals surface area contributed by atoms with E-state index in [0.717, 1.165) is 51.9 Å². The van der Waals surface area contributed by atoms with Crippen molar-refractivity contribution in [1.29, 1.82) is 0 Å². The first-order valence-electron chi connectivity index (χ1n) is 9.65. The Balaban J connectivity index is 1.44. The Labute approximate surface area is 154 Å². The third-order valence-electron chi connectivity index (χ3n) is 5.38. The van der Waals surface area contributed by atoms with Crippen molar-refractivity contribution >= 4 is 0 Å². The number of likely N-dealkylation sites (tertiary alicyclic amines) is 1. The molecule has 6 nitrogen and oxygen atoms in total. The molecule has 1 aromatic carbocycles. The van der Waals surface area contributed by atoms with E-state index in [-0.39, 0.29) is 6.10 Å². The molecule has 26 heavy (non-hydrogen) atoms. The molecule has 2 aliphatic rings. The van der Waals surface area contributed by atoms with Crippen molar-refractivity contribution < 1.29 is 14.0 Å². The molecule has 4 rings (SSSR count). The van der Waals surface area contributed by atoms with Gasteiger partial charge < -0.3 is 14.0 Å². The van der Waals surface area contributed by atoms with E-state index < -0.39 is 5.60 Å². The molecule has 140 valence electrons.